The van der Waals surface area contributed by atoms with Crippen molar-refractivity contribution in [2.75, 3.05) is 55.7 Å². The van der Waals surface area contributed by atoms with E-state index in [0.29, 0.717) is 39.0 Å². The number of anilines is 3. The molecule has 0 radical (unpaired) electrons. The van der Waals surface area contributed by atoms with E-state index in [1.54, 1.807) is 0 Å². The summed E-state index contributed by atoms with van der Waals surface area (Å²) in [6.45, 7) is 2.93. The lowest BCUT2D eigenvalue weighted by Gasteiger charge is -2.42. The standard InChI is InChI=1S/C22H25F2N9O2/c1-30-6-7-32(17(34)12-30)14-2-4-31(5-3-14)19-15(24)9-26-10-16(19)28-22(35)18-20(25)29-33-11-13(23)8-27-21(18)33/h8-11,14H,2-7,12H2,1H3,(H2,25,29)(H,28,35). The Balaban J connectivity index is 1.34. The summed E-state index contributed by atoms with van der Waals surface area (Å²) >= 11 is 0. The van der Waals surface area contributed by atoms with Crippen molar-refractivity contribution in [2.24, 2.45) is 0 Å². The number of rotatable bonds is 4. The van der Waals surface area contributed by atoms with Crippen molar-refractivity contribution in [2.45, 2.75) is 18.9 Å². The van der Waals surface area contributed by atoms with Crippen molar-refractivity contribution in [3.8, 4) is 0 Å². The summed E-state index contributed by atoms with van der Waals surface area (Å²) in [6, 6.07) is 0.0976. The third kappa shape index (κ3) is 4.34. The van der Waals surface area contributed by atoms with Gasteiger partial charge in [0.1, 0.15) is 11.3 Å². The molecule has 2 aliphatic rings. The Labute approximate surface area is 199 Å². The van der Waals surface area contributed by atoms with Crippen LogP contribution in [-0.2, 0) is 4.79 Å². The van der Waals surface area contributed by atoms with Crippen LogP contribution in [0.4, 0.5) is 26.0 Å². The summed E-state index contributed by atoms with van der Waals surface area (Å²) in [5.41, 5.74) is 6.29. The smallest absolute Gasteiger partial charge is 0.263 e. The molecule has 0 atom stereocenters. The number of nitrogen functional groups attached to an aromatic ring is 1. The number of fused-ring (bicyclic) bond motifs is 1. The zero-order valence-electron chi connectivity index (χ0n) is 19.1. The van der Waals surface area contributed by atoms with Crippen LogP contribution < -0.4 is 16.0 Å². The summed E-state index contributed by atoms with van der Waals surface area (Å²) in [7, 11) is 1.93. The fraction of sp³-hybridized carbons (Fsp3) is 0.409. The number of nitrogens with one attached hydrogen (secondary N) is 1. The third-order valence-corrected chi connectivity index (χ3v) is 6.49. The monoisotopic (exact) mass is 485 g/mol. The summed E-state index contributed by atoms with van der Waals surface area (Å²) in [5.74, 6) is -1.90. The highest BCUT2D eigenvalue weighted by atomic mass is 19.1. The fourth-order valence-corrected chi connectivity index (χ4v) is 4.76. The van der Waals surface area contributed by atoms with E-state index in [0.717, 1.165) is 29.7 Å². The predicted molar refractivity (Wildman–Crippen MR) is 124 cm³/mol. The van der Waals surface area contributed by atoms with Gasteiger partial charge in [-0.1, -0.05) is 0 Å². The number of hydrogen-bond acceptors (Lipinski definition) is 8. The number of pyridine rings is 1. The number of piperazine rings is 1. The Bertz CT molecular complexity index is 1290. The predicted octanol–water partition coefficient (Wildman–Crippen LogP) is 0.980. The number of carbonyl (C=O) groups is 2. The minimum Gasteiger partial charge on any atom is -0.381 e. The molecular formula is C22H25F2N9O2. The summed E-state index contributed by atoms with van der Waals surface area (Å²) in [4.78, 5) is 39.1. The van der Waals surface area contributed by atoms with Gasteiger partial charge in [-0.15, -0.1) is 5.10 Å². The molecule has 184 valence electrons. The van der Waals surface area contributed by atoms with Gasteiger partial charge < -0.3 is 20.9 Å². The summed E-state index contributed by atoms with van der Waals surface area (Å²) in [6.07, 6.45) is 5.83. The molecule has 2 amide bonds. The highest BCUT2D eigenvalue weighted by Gasteiger charge is 2.32. The van der Waals surface area contributed by atoms with Gasteiger partial charge in [0, 0.05) is 32.2 Å². The molecule has 5 rings (SSSR count). The van der Waals surface area contributed by atoms with Crippen LogP contribution in [0.25, 0.3) is 5.65 Å². The van der Waals surface area contributed by atoms with E-state index in [4.69, 9.17) is 5.73 Å². The van der Waals surface area contributed by atoms with Gasteiger partial charge in [-0.2, -0.15) is 0 Å². The van der Waals surface area contributed by atoms with Crippen molar-refractivity contribution < 1.29 is 18.4 Å². The summed E-state index contributed by atoms with van der Waals surface area (Å²) < 4.78 is 29.5. The molecule has 0 spiro atoms. The Morgan fingerprint density at radius 3 is 2.66 bits per heavy atom. The van der Waals surface area contributed by atoms with Gasteiger partial charge >= 0.3 is 0 Å². The first kappa shape index (κ1) is 22.9. The Hall–Kier alpha value is -3.87. The molecule has 2 saturated heterocycles. The van der Waals surface area contributed by atoms with Crippen LogP contribution >= 0.6 is 0 Å². The van der Waals surface area contributed by atoms with E-state index in [2.05, 4.69) is 20.4 Å². The SMILES string of the molecule is CN1CCN(C2CCN(c3c(F)cncc3NC(=O)c3c(N)nn4cc(F)cnc34)CC2)C(=O)C1. The molecule has 0 aliphatic carbocycles. The number of piperidine rings is 1. The van der Waals surface area contributed by atoms with Crippen molar-refractivity contribution in [3.05, 3.63) is 42.0 Å². The number of carbonyl (C=O) groups excluding carboxylic acids is 2. The molecule has 11 nitrogen and oxygen atoms in total. The topological polar surface area (TPSA) is 125 Å². The van der Waals surface area contributed by atoms with Gasteiger partial charge in [-0.25, -0.2) is 18.3 Å². The van der Waals surface area contributed by atoms with E-state index in [-0.39, 0.29) is 40.4 Å². The minimum absolute atomic E-state index is 0.0486. The van der Waals surface area contributed by atoms with Gasteiger partial charge in [0.15, 0.2) is 23.1 Å². The third-order valence-electron chi connectivity index (χ3n) is 6.49. The van der Waals surface area contributed by atoms with Crippen LogP contribution in [0.15, 0.2) is 24.8 Å². The minimum atomic E-state index is -0.664. The average Bonchev–Trinajstić information content (AvgIpc) is 3.14. The van der Waals surface area contributed by atoms with Crippen LogP contribution in [0.5, 0.6) is 0 Å². The maximum Gasteiger partial charge on any atom is 0.263 e. The van der Waals surface area contributed by atoms with Gasteiger partial charge in [0.25, 0.3) is 5.91 Å². The number of likely N-dealkylation sites (N-methyl/N-ethyl adjacent to an activating group) is 1. The van der Waals surface area contributed by atoms with E-state index < -0.39 is 17.5 Å². The second kappa shape index (κ2) is 9.06. The number of nitrogens with two attached hydrogens (primary N) is 1. The van der Waals surface area contributed by atoms with Crippen molar-refractivity contribution >= 4 is 34.7 Å². The highest BCUT2D eigenvalue weighted by molar-refractivity contribution is 6.12. The first-order chi connectivity index (χ1) is 16.8. The lowest BCUT2D eigenvalue weighted by Crippen LogP contribution is -2.55. The van der Waals surface area contributed by atoms with Crippen LogP contribution in [0, 0.1) is 11.6 Å². The second-order valence-electron chi connectivity index (χ2n) is 8.82. The lowest BCUT2D eigenvalue weighted by molar-refractivity contribution is -0.138. The van der Waals surface area contributed by atoms with E-state index in [1.165, 1.54) is 6.20 Å². The second-order valence-corrected chi connectivity index (χ2v) is 8.82. The molecule has 3 aromatic rings. The summed E-state index contributed by atoms with van der Waals surface area (Å²) in [5, 5.41) is 6.59. The number of nitrogens with zero attached hydrogens (tertiary/aromatic N) is 7. The number of halogens is 2. The molecule has 35 heavy (non-hydrogen) atoms. The van der Waals surface area contributed by atoms with Crippen molar-refractivity contribution in [1.29, 1.82) is 0 Å². The van der Waals surface area contributed by atoms with E-state index in [1.807, 2.05) is 21.7 Å². The van der Waals surface area contributed by atoms with Crippen LogP contribution in [0.3, 0.4) is 0 Å². The molecule has 5 heterocycles. The Kier molecular flexibility index (Phi) is 5.93. The first-order valence-corrected chi connectivity index (χ1v) is 11.3. The molecule has 3 N–H and O–H groups in total. The van der Waals surface area contributed by atoms with Gasteiger partial charge in [0.05, 0.1) is 37.0 Å². The fourth-order valence-electron chi connectivity index (χ4n) is 4.76. The molecule has 0 saturated carbocycles. The Morgan fingerprint density at radius 1 is 1.14 bits per heavy atom. The molecule has 2 aliphatic heterocycles. The normalized spacial score (nSPS) is 17.9. The maximum absolute atomic E-state index is 14.9. The molecular weight excluding hydrogens is 460 g/mol. The van der Waals surface area contributed by atoms with E-state index in [9.17, 15) is 18.4 Å². The number of hydrogen-bond donors (Lipinski definition) is 2. The molecule has 0 aromatic carbocycles. The highest BCUT2D eigenvalue weighted by Crippen LogP contribution is 2.32. The quantitative estimate of drug-likeness (QED) is 0.560. The molecule has 13 heteroatoms. The maximum atomic E-state index is 14.9. The zero-order chi connectivity index (χ0) is 24.7. The zero-order valence-corrected chi connectivity index (χ0v) is 19.1. The molecule has 2 fully saturated rings. The average molecular weight is 485 g/mol. The van der Waals surface area contributed by atoms with Gasteiger partial charge in [-0.05, 0) is 19.9 Å². The lowest BCUT2D eigenvalue weighted by atomic mass is 10.0. The largest absolute Gasteiger partial charge is 0.381 e. The first-order valence-electron chi connectivity index (χ1n) is 11.3. The van der Waals surface area contributed by atoms with E-state index >= 15 is 0 Å². The number of amides is 2. The van der Waals surface area contributed by atoms with Crippen molar-refractivity contribution in [1.82, 2.24) is 29.4 Å². The van der Waals surface area contributed by atoms with Gasteiger partial charge in [-0.3, -0.25) is 19.5 Å². The molecule has 0 bridgehead atoms. The molecule has 3 aromatic heterocycles. The molecule has 0 unspecified atom stereocenters. The number of aromatic nitrogens is 4. The van der Waals surface area contributed by atoms with Gasteiger partial charge in [0.2, 0.25) is 5.91 Å². The van der Waals surface area contributed by atoms with Crippen LogP contribution in [0.2, 0.25) is 0 Å². The van der Waals surface area contributed by atoms with Crippen LogP contribution in [0.1, 0.15) is 23.2 Å². The van der Waals surface area contributed by atoms with Crippen LogP contribution in [-0.4, -0.2) is 87.0 Å². The van der Waals surface area contributed by atoms with Crippen molar-refractivity contribution in [3.63, 3.8) is 0 Å². The Morgan fingerprint density at radius 2 is 1.91 bits per heavy atom.